The van der Waals surface area contributed by atoms with Crippen molar-refractivity contribution in [1.29, 1.82) is 0 Å². The Morgan fingerprint density at radius 1 is 1.21 bits per heavy atom. The summed E-state index contributed by atoms with van der Waals surface area (Å²) in [5.41, 5.74) is 2.82. The summed E-state index contributed by atoms with van der Waals surface area (Å²) in [4.78, 5) is 0. The first kappa shape index (κ1) is 11.3. The lowest BCUT2D eigenvalue weighted by atomic mass is 10.1. The average molecular weight is 191 g/mol. The first-order valence-electron chi connectivity index (χ1n) is 5.51. The molecular formula is C13H21N. The smallest absolute Gasteiger partial charge is 0.0205 e. The quantitative estimate of drug-likeness (QED) is 0.754. The van der Waals surface area contributed by atoms with Crippen LogP contribution in [0.5, 0.6) is 0 Å². The Labute approximate surface area is 87.5 Å². The van der Waals surface area contributed by atoms with E-state index >= 15 is 0 Å². The topological polar surface area (TPSA) is 12.0 Å². The van der Waals surface area contributed by atoms with Gasteiger partial charge >= 0.3 is 0 Å². The van der Waals surface area contributed by atoms with Crippen LogP contribution in [0.3, 0.4) is 0 Å². The van der Waals surface area contributed by atoms with Crippen LogP contribution in [0.15, 0.2) is 24.3 Å². The second kappa shape index (κ2) is 5.82. The molecule has 14 heavy (non-hydrogen) atoms. The predicted octanol–water partition coefficient (Wildman–Crippen LogP) is 2.99. The van der Waals surface area contributed by atoms with Crippen molar-refractivity contribution in [2.75, 3.05) is 6.54 Å². The van der Waals surface area contributed by atoms with Crippen molar-refractivity contribution < 1.29 is 0 Å². The van der Waals surface area contributed by atoms with Crippen LogP contribution >= 0.6 is 0 Å². The van der Waals surface area contributed by atoms with Gasteiger partial charge in [-0.25, -0.2) is 0 Å². The fraction of sp³-hybridized carbons (Fsp3) is 0.538. The third-order valence-corrected chi connectivity index (χ3v) is 2.28. The van der Waals surface area contributed by atoms with E-state index in [9.17, 15) is 0 Å². The molecule has 1 nitrogen and oxygen atoms in total. The molecule has 0 aliphatic rings. The molecule has 0 saturated heterocycles. The molecule has 0 spiro atoms. The van der Waals surface area contributed by atoms with Crippen LogP contribution in [0.2, 0.25) is 0 Å². The van der Waals surface area contributed by atoms with Gasteiger partial charge in [0.15, 0.2) is 0 Å². The number of benzene rings is 1. The molecular weight excluding hydrogens is 170 g/mol. The third kappa shape index (κ3) is 3.93. The van der Waals surface area contributed by atoms with E-state index in [0.717, 1.165) is 25.4 Å². The molecule has 0 radical (unpaired) electrons. The standard InChI is InChI=1S/C13H21N/c1-4-12-6-5-7-13(8-12)10-14-9-11(2)3/h5-8,11,14H,4,9-10H2,1-3H3. The van der Waals surface area contributed by atoms with Gasteiger partial charge in [-0.05, 0) is 30.0 Å². The second-order valence-corrected chi connectivity index (χ2v) is 4.20. The highest BCUT2D eigenvalue weighted by molar-refractivity contribution is 5.23. The van der Waals surface area contributed by atoms with Crippen LogP contribution in [-0.4, -0.2) is 6.54 Å². The molecule has 0 heterocycles. The van der Waals surface area contributed by atoms with Crippen LogP contribution < -0.4 is 5.32 Å². The minimum Gasteiger partial charge on any atom is -0.312 e. The summed E-state index contributed by atoms with van der Waals surface area (Å²) in [5, 5.41) is 3.45. The lowest BCUT2D eigenvalue weighted by Crippen LogP contribution is -2.18. The maximum Gasteiger partial charge on any atom is 0.0205 e. The van der Waals surface area contributed by atoms with Gasteiger partial charge in [0.2, 0.25) is 0 Å². The van der Waals surface area contributed by atoms with Gasteiger partial charge in [0.25, 0.3) is 0 Å². The van der Waals surface area contributed by atoms with Gasteiger partial charge in [-0.2, -0.15) is 0 Å². The molecule has 1 aromatic rings. The third-order valence-electron chi connectivity index (χ3n) is 2.28. The Bertz CT molecular complexity index is 266. The average Bonchev–Trinajstić information content (AvgIpc) is 2.18. The monoisotopic (exact) mass is 191 g/mol. The van der Waals surface area contributed by atoms with Crippen LogP contribution in [0.1, 0.15) is 31.9 Å². The summed E-state index contributed by atoms with van der Waals surface area (Å²) < 4.78 is 0. The maximum atomic E-state index is 3.45. The van der Waals surface area contributed by atoms with Crippen molar-refractivity contribution in [1.82, 2.24) is 5.32 Å². The molecule has 1 heteroatoms. The molecule has 0 saturated carbocycles. The molecule has 0 aromatic heterocycles. The predicted molar refractivity (Wildman–Crippen MR) is 62.4 cm³/mol. The lowest BCUT2D eigenvalue weighted by Gasteiger charge is -2.08. The number of hydrogen-bond acceptors (Lipinski definition) is 1. The van der Waals surface area contributed by atoms with Gasteiger partial charge in [-0.3, -0.25) is 0 Å². The molecule has 0 bridgehead atoms. The zero-order valence-electron chi connectivity index (χ0n) is 9.51. The van der Waals surface area contributed by atoms with Crippen molar-refractivity contribution in [2.45, 2.75) is 33.7 Å². The molecule has 1 rings (SSSR count). The Morgan fingerprint density at radius 2 is 1.93 bits per heavy atom. The Balaban J connectivity index is 2.42. The van der Waals surface area contributed by atoms with Gasteiger partial charge in [0.1, 0.15) is 0 Å². The van der Waals surface area contributed by atoms with Gasteiger partial charge in [-0.1, -0.05) is 45.0 Å². The second-order valence-electron chi connectivity index (χ2n) is 4.20. The summed E-state index contributed by atoms with van der Waals surface area (Å²) in [6.07, 6.45) is 1.12. The van der Waals surface area contributed by atoms with E-state index in [1.807, 2.05) is 0 Å². The number of nitrogens with one attached hydrogen (secondary N) is 1. The van der Waals surface area contributed by atoms with Crippen LogP contribution in [-0.2, 0) is 13.0 Å². The normalized spacial score (nSPS) is 10.9. The molecule has 78 valence electrons. The van der Waals surface area contributed by atoms with E-state index in [1.165, 1.54) is 11.1 Å². The Hall–Kier alpha value is -0.820. The summed E-state index contributed by atoms with van der Waals surface area (Å²) in [7, 11) is 0. The minimum atomic E-state index is 0.726. The number of aryl methyl sites for hydroxylation is 1. The number of hydrogen-bond donors (Lipinski definition) is 1. The first-order chi connectivity index (χ1) is 6.72. The summed E-state index contributed by atoms with van der Waals surface area (Å²) in [5.74, 6) is 0.726. The molecule has 1 aromatic carbocycles. The molecule has 0 amide bonds. The highest BCUT2D eigenvalue weighted by Crippen LogP contribution is 2.05. The van der Waals surface area contributed by atoms with E-state index in [0.29, 0.717) is 0 Å². The van der Waals surface area contributed by atoms with Gasteiger partial charge in [0, 0.05) is 6.54 Å². The van der Waals surface area contributed by atoms with E-state index in [1.54, 1.807) is 0 Å². The van der Waals surface area contributed by atoms with Gasteiger partial charge in [0.05, 0.1) is 0 Å². The highest BCUT2D eigenvalue weighted by Gasteiger charge is 1.95. The summed E-state index contributed by atoms with van der Waals surface area (Å²) in [6, 6.07) is 8.80. The maximum absolute atomic E-state index is 3.45. The zero-order valence-corrected chi connectivity index (χ0v) is 9.51. The van der Waals surface area contributed by atoms with Crippen molar-refractivity contribution in [3.8, 4) is 0 Å². The van der Waals surface area contributed by atoms with Crippen LogP contribution in [0.4, 0.5) is 0 Å². The Kier molecular flexibility index (Phi) is 4.68. The highest BCUT2D eigenvalue weighted by atomic mass is 14.8. The summed E-state index contributed by atoms with van der Waals surface area (Å²) in [6.45, 7) is 8.74. The van der Waals surface area contributed by atoms with E-state index in [4.69, 9.17) is 0 Å². The largest absolute Gasteiger partial charge is 0.312 e. The molecule has 0 aliphatic carbocycles. The molecule has 0 fully saturated rings. The van der Waals surface area contributed by atoms with Crippen molar-refractivity contribution in [3.63, 3.8) is 0 Å². The van der Waals surface area contributed by atoms with Crippen molar-refractivity contribution >= 4 is 0 Å². The zero-order chi connectivity index (χ0) is 10.4. The van der Waals surface area contributed by atoms with E-state index < -0.39 is 0 Å². The van der Waals surface area contributed by atoms with E-state index in [-0.39, 0.29) is 0 Å². The minimum absolute atomic E-state index is 0.726. The van der Waals surface area contributed by atoms with Crippen LogP contribution in [0.25, 0.3) is 0 Å². The van der Waals surface area contributed by atoms with Gasteiger partial charge < -0.3 is 5.32 Å². The lowest BCUT2D eigenvalue weighted by molar-refractivity contribution is 0.552. The summed E-state index contributed by atoms with van der Waals surface area (Å²) >= 11 is 0. The van der Waals surface area contributed by atoms with Crippen molar-refractivity contribution in [2.24, 2.45) is 5.92 Å². The fourth-order valence-electron chi connectivity index (χ4n) is 1.46. The van der Waals surface area contributed by atoms with Crippen LogP contribution in [0, 0.1) is 5.92 Å². The number of rotatable bonds is 5. The first-order valence-corrected chi connectivity index (χ1v) is 5.51. The Morgan fingerprint density at radius 3 is 2.57 bits per heavy atom. The molecule has 0 unspecified atom stereocenters. The molecule has 1 N–H and O–H groups in total. The van der Waals surface area contributed by atoms with E-state index in [2.05, 4.69) is 50.4 Å². The fourth-order valence-corrected chi connectivity index (χ4v) is 1.46. The van der Waals surface area contributed by atoms with Crippen molar-refractivity contribution in [3.05, 3.63) is 35.4 Å². The SMILES string of the molecule is CCc1cccc(CNCC(C)C)c1. The molecule has 0 atom stereocenters. The van der Waals surface area contributed by atoms with Gasteiger partial charge in [-0.15, -0.1) is 0 Å². The molecule has 0 aliphatic heterocycles.